The molecule has 1 aromatic heterocycles. The molecule has 3 N–H and O–H groups in total. The summed E-state index contributed by atoms with van der Waals surface area (Å²) < 4.78 is 0. The van der Waals surface area contributed by atoms with Crippen molar-refractivity contribution in [1.29, 1.82) is 0 Å². The summed E-state index contributed by atoms with van der Waals surface area (Å²) in [6.07, 6.45) is 4.67. The third kappa shape index (κ3) is 4.20. The molecule has 0 radical (unpaired) electrons. The van der Waals surface area contributed by atoms with Crippen LogP contribution >= 0.6 is 0 Å². The van der Waals surface area contributed by atoms with Crippen LogP contribution in [0.1, 0.15) is 26.2 Å². The van der Waals surface area contributed by atoms with E-state index in [0.717, 1.165) is 30.0 Å². The number of H-pyrrole nitrogens is 1. The van der Waals surface area contributed by atoms with Gasteiger partial charge in [-0.05, 0) is 61.5 Å². The molecule has 122 valence electrons. The highest BCUT2D eigenvalue weighted by atomic mass is 16.1. The first-order valence-corrected chi connectivity index (χ1v) is 8.33. The number of benzene rings is 1. The molecule has 0 aliphatic carbocycles. The third-order valence-electron chi connectivity index (χ3n) is 4.68. The second-order valence-electron chi connectivity index (χ2n) is 6.36. The molecule has 2 aromatic rings. The van der Waals surface area contributed by atoms with E-state index in [-0.39, 0.29) is 5.91 Å². The summed E-state index contributed by atoms with van der Waals surface area (Å²) in [5.41, 5.74) is 2.88. The van der Waals surface area contributed by atoms with Crippen molar-refractivity contribution in [1.82, 2.24) is 15.5 Å². The Morgan fingerprint density at radius 3 is 2.65 bits per heavy atom. The first-order chi connectivity index (χ1) is 11.2. The van der Waals surface area contributed by atoms with Crippen molar-refractivity contribution in [2.45, 2.75) is 26.2 Å². The number of nitrogens with zero attached hydrogens (tertiary/aromatic N) is 1. The quantitative estimate of drug-likeness (QED) is 0.795. The zero-order valence-electron chi connectivity index (χ0n) is 13.5. The van der Waals surface area contributed by atoms with E-state index in [0.29, 0.717) is 18.3 Å². The number of hydrogen-bond donors (Lipinski definition) is 3. The predicted molar refractivity (Wildman–Crippen MR) is 92.0 cm³/mol. The highest BCUT2D eigenvalue weighted by Crippen LogP contribution is 2.25. The SMILES string of the molecule is CC(CC(=O)Nc1ccc(-c2ccn[nH]2)cc1)C1CCNCC1. The smallest absolute Gasteiger partial charge is 0.224 e. The van der Waals surface area contributed by atoms with Crippen molar-refractivity contribution in [2.24, 2.45) is 11.8 Å². The molecular formula is C18H24N4O. The molecule has 1 aromatic carbocycles. The normalized spacial score (nSPS) is 16.9. The number of amides is 1. The molecule has 23 heavy (non-hydrogen) atoms. The van der Waals surface area contributed by atoms with Crippen molar-refractivity contribution in [3.63, 3.8) is 0 Å². The Labute approximate surface area is 136 Å². The van der Waals surface area contributed by atoms with Gasteiger partial charge >= 0.3 is 0 Å². The second kappa shape index (κ2) is 7.42. The van der Waals surface area contributed by atoms with E-state index >= 15 is 0 Å². The van der Waals surface area contributed by atoms with E-state index < -0.39 is 0 Å². The molecule has 0 spiro atoms. The van der Waals surface area contributed by atoms with Crippen molar-refractivity contribution >= 4 is 11.6 Å². The molecule has 2 heterocycles. The van der Waals surface area contributed by atoms with E-state index in [4.69, 9.17) is 0 Å². The van der Waals surface area contributed by atoms with Crippen LogP contribution in [0, 0.1) is 11.8 Å². The summed E-state index contributed by atoms with van der Waals surface area (Å²) in [6.45, 7) is 4.34. The van der Waals surface area contributed by atoms with Gasteiger partial charge in [0.2, 0.25) is 5.91 Å². The number of carbonyl (C=O) groups excluding carboxylic acids is 1. The Hall–Kier alpha value is -2.14. The maximum absolute atomic E-state index is 12.2. The number of aromatic amines is 1. The minimum atomic E-state index is 0.102. The van der Waals surface area contributed by atoms with Gasteiger partial charge in [-0.15, -0.1) is 0 Å². The number of rotatable bonds is 5. The van der Waals surface area contributed by atoms with Crippen molar-refractivity contribution in [3.05, 3.63) is 36.5 Å². The highest BCUT2D eigenvalue weighted by molar-refractivity contribution is 5.91. The summed E-state index contributed by atoms with van der Waals surface area (Å²) in [5, 5.41) is 13.3. The van der Waals surface area contributed by atoms with Crippen LogP contribution in [0.3, 0.4) is 0 Å². The van der Waals surface area contributed by atoms with Crippen LogP contribution in [-0.4, -0.2) is 29.2 Å². The maximum atomic E-state index is 12.2. The lowest BCUT2D eigenvalue weighted by molar-refractivity contribution is -0.117. The van der Waals surface area contributed by atoms with Gasteiger partial charge in [0.15, 0.2) is 0 Å². The fraction of sp³-hybridized carbons (Fsp3) is 0.444. The van der Waals surface area contributed by atoms with E-state index in [9.17, 15) is 4.79 Å². The molecule has 5 nitrogen and oxygen atoms in total. The Bertz CT molecular complexity index is 615. The van der Waals surface area contributed by atoms with Gasteiger partial charge in [-0.25, -0.2) is 0 Å². The van der Waals surface area contributed by atoms with E-state index in [2.05, 4.69) is 27.8 Å². The standard InChI is InChI=1S/C18H24N4O/c1-13(14-6-9-19-10-7-14)12-18(23)21-16-4-2-15(3-5-16)17-8-11-20-22-17/h2-5,8,11,13-14,19H,6-7,9-10,12H2,1H3,(H,20,22)(H,21,23). The molecule has 0 bridgehead atoms. The topological polar surface area (TPSA) is 69.8 Å². The lowest BCUT2D eigenvalue weighted by Gasteiger charge is -2.27. The monoisotopic (exact) mass is 312 g/mol. The second-order valence-corrected chi connectivity index (χ2v) is 6.36. The lowest BCUT2D eigenvalue weighted by atomic mass is 9.84. The van der Waals surface area contributed by atoms with E-state index in [1.54, 1.807) is 6.20 Å². The van der Waals surface area contributed by atoms with Crippen LogP contribution in [0.5, 0.6) is 0 Å². The molecule has 1 aliphatic rings. The van der Waals surface area contributed by atoms with Gasteiger partial charge in [-0.2, -0.15) is 5.10 Å². The number of nitrogens with one attached hydrogen (secondary N) is 3. The zero-order valence-corrected chi connectivity index (χ0v) is 13.5. The van der Waals surface area contributed by atoms with Crippen molar-refractivity contribution < 1.29 is 4.79 Å². The highest BCUT2D eigenvalue weighted by Gasteiger charge is 2.21. The van der Waals surface area contributed by atoms with Crippen molar-refractivity contribution in [3.8, 4) is 11.3 Å². The van der Waals surface area contributed by atoms with Gasteiger partial charge in [0.1, 0.15) is 0 Å². The fourth-order valence-electron chi connectivity index (χ4n) is 3.23. The van der Waals surface area contributed by atoms with Crippen molar-refractivity contribution in [2.75, 3.05) is 18.4 Å². The summed E-state index contributed by atoms with van der Waals surface area (Å²) in [4.78, 5) is 12.2. The fourth-order valence-corrected chi connectivity index (χ4v) is 3.23. The van der Waals surface area contributed by atoms with Crippen LogP contribution < -0.4 is 10.6 Å². The van der Waals surface area contributed by atoms with Crippen LogP contribution in [-0.2, 0) is 4.79 Å². The van der Waals surface area contributed by atoms with Gasteiger partial charge < -0.3 is 10.6 Å². The lowest BCUT2D eigenvalue weighted by Crippen LogP contribution is -2.32. The molecule has 1 aliphatic heterocycles. The Morgan fingerprint density at radius 2 is 2.00 bits per heavy atom. The molecular weight excluding hydrogens is 288 g/mol. The average molecular weight is 312 g/mol. The third-order valence-corrected chi connectivity index (χ3v) is 4.68. The molecule has 1 atom stereocenters. The van der Waals surface area contributed by atoms with Gasteiger partial charge in [0, 0.05) is 18.3 Å². The largest absolute Gasteiger partial charge is 0.326 e. The molecule has 1 fully saturated rings. The summed E-state index contributed by atoms with van der Waals surface area (Å²) in [6, 6.07) is 9.76. The van der Waals surface area contributed by atoms with Crippen LogP contribution in [0.4, 0.5) is 5.69 Å². The molecule has 5 heteroatoms. The van der Waals surface area contributed by atoms with Gasteiger partial charge in [-0.1, -0.05) is 19.1 Å². The van der Waals surface area contributed by atoms with Crippen LogP contribution in [0.2, 0.25) is 0 Å². The number of aromatic nitrogens is 2. The maximum Gasteiger partial charge on any atom is 0.224 e. The van der Waals surface area contributed by atoms with E-state index in [1.807, 2.05) is 30.3 Å². The molecule has 3 rings (SSSR count). The zero-order chi connectivity index (χ0) is 16.1. The number of anilines is 1. The average Bonchev–Trinajstić information content (AvgIpc) is 3.11. The summed E-state index contributed by atoms with van der Waals surface area (Å²) >= 11 is 0. The Kier molecular flexibility index (Phi) is 5.08. The summed E-state index contributed by atoms with van der Waals surface area (Å²) in [7, 11) is 0. The summed E-state index contributed by atoms with van der Waals surface area (Å²) in [5.74, 6) is 1.19. The Balaban J connectivity index is 1.53. The molecule has 1 saturated heterocycles. The first-order valence-electron chi connectivity index (χ1n) is 8.33. The van der Waals surface area contributed by atoms with E-state index in [1.165, 1.54) is 12.8 Å². The van der Waals surface area contributed by atoms with Crippen LogP contribution in [0.15, 0.2) is 36.5 Å². The minimum absolute atomic E-state index is 0.102. The van der Waals surface area contributed by atoms with Gasteiger partial charge in [0.05, 0.1) is 5.69 Å². The first kappa shape index (κ1) is 15.7. The predicted octanol–water partition coefficient (Wildman–Crippen LogP) is 3.04. The molecule has 1 amide bonds. The number of carbonyl (C=O) groups is 1. The van der Waals surface area contributed by atoms with Gasteiger partial charge in [0.25, 0.3) is 0 Å². The molecule has 0 saturated carbocycles. The number of hydrogen-bond acceptors (Lipinski definition) is 3. The Morgan fingerprint density at radius 1 is 1.26 bits per heavy atom. The minimum Gasteiger partial charge on any atom is -0.326 e. The van der Waals surface area contributed by atoms with Gasteiger partial charge in [-0.3, -0.25) is 9.89 Å². The number of piperidine rings is 1. The molecule has 1 unspecified atom stereocenters. The van der Waals surface area contributed by atoms with Crippen LogP contribution in [0.25, 0.3) is 11.3 Å².